The Morgan fingerprint density at radius 1 is 1.03 bits per heavy atom. The normalized spacial score (nSPS) is 18.7. The Kier molecular flexibility index (Phi) is 6.37. The van der Waals surface area contributed by atoms with Crippen LogP contribution >= 0.6 is 0 Å². The zero-order chi connectivity index (χ0) is 23.5. The smallest absolute Gasteiger partial charge is 0.310 e. The Hall–Kier alpha value is -3.78. The molecule has 1 fully saturated rings. The third kappa shape index (κ3) is 5.01. The van der Waals surface area contributed by atoms with Crippen molar-refractivity contribution in [3.63, 3.8) is 0 Å². The van der Waals surface area contributed by atoms with Gasteiger partial charge in [0.25, 0.3) is 11.8 Å². The monoisotopic (exact) mass is 447 g/mol. The van der Waals surface area contributed by atoms with E-state index in [0.717, 1.165) is 10.8 Å². The summed E-state index contributed by atoms with van der Waals surface area (Å²) in [6, 6.07) is 15.5. The van der Waals surface area contributed by atoms with Crippen LogP contribution in [0.25, 0.3) is 10.8 Å². The maximum Gasteiger partial charge on any atom is 0.310 e. The molecule has 33 heavy (non-hydrogen) atoms. The number of cyclic esters (lactones) is 1. The molecule has 1 aliphatic heterocycles. The minimum absolute atomic E-state index is 0.0541. The Bertz CT molecular complexity index is 1190. The number of carbonyl (C=O) groups excluding carboxylic acids is 3. The van der Waals surface area contributed by atoms with E-state index in [-0.39, 0.29) is 29.9 Å². The number of nitrogens with zero attached hydrogens (tertiary/aromatic N) is 1. The van der Waals surface area contributed by atoms with Crippen LogP contribution in [0.4, 0.5) is 0 Å². The first kappa shape index (κ1) is 22.4. The molecule has 1 aromatic heterocycles. The molecule has 2 heterocycles. The van der Waals surface area contributed by atoms with Crippen molar-refractivity contribution >= 4 is 28.6 Å². The van der Waals surface area contributed by atoms with E-state index in [1.807, 2.05) is 50.2 Å². The van der Waals surface area contributed by atoms with Crippen molar-refractivity contribution in [2.75, 3.05) is 0 Å². The van der Waals surface area contributed by atoms with Gasteiger partial charge in [-0.05, 0) is 41.0 Å². The lowest BCUT2D eigenvalue weighted by molar-refractivity contribution is -0.154. The molecule has 3 atom stereocenters. The van der Waals surface area contributed by atoms with Crippen LogP contribution in [-0.2, 0) is 9.53 Å². The molecule has 1 unspecified atom stereocenters. The van der Waals surface area contributed by atoms with E-state index in [9.17, 15) is 19.5 Å². The molecule has 8 heteroatoms. The van der Waals surface area contributed by atoms with Gasteiger partial charge in [-0.2, -0.15) is 0 Å². The minimum Gasteiger partial charge on any atom is -0.434 e. The molecule has 8 nitrogen and oxygen atoms in total. The molecule has 4 rings (SSSR count). The third-order valence-electron chi connectivity index (χ3n) is 5.63. The molecule has 0 bridgehead atoms. The lowest BCUT2D eigenvalue weighted by atomic mass is 9.99. The van der Waals surface area contributed by atoms with Gasteiger partial charge >= 0.3 is 5.97 Å². The summed E-state index contributed by atoms with van der Waals surface area (Å²) < 4.78 is 4.63. The summed E-state index contributed by atoms with van der Waals surface area (Å²) in [6.07, 6.45) is -0.0368. The highest BCUT2D eigenvalue weighted by atomic mass is 16.6. The number of fused-ring (bicyclic) bond motifs is 1. The molecule has 3 N–H and O–H groups in total. The van der Waals surface area contributed by atoms with Crippen LogP contribution in [0, 0.1) is 5.92 Å². The van der Waals surface area contributed by atoms with Crippen LogP contribution in [0.3, 0.4) is 0 Å². The van der Waals surface area contributed by atoms with Gasteiger partial charge in [-0.1, -0.05) is 44.2 Å². The number of esters is 1. The second-order valence-electron chi connectivity index (χ2n) is 8.39. The molecule has 3 aromatic rings. The fourth-order valence-corrected chi connectivity index (χ4v) is 3.78. The van der Waals surface area contributed by atoms with Crippen LogP contribution in [-0.4, -0.2) is 40.2 Å². The number of hydrogen-bond donors (Lipinski definition) is 3. The summed E-state index contributed by atoms with van der Waals surface area (Å²) in [4.78, 5) is 41.0. The molecule has 0 saturated carbocycles. The van der Waals surface area contributed by atoms with E-state index >= 15 is 0 Å². The molecular formula is C25H25N3O5. The molecule has 0 radical (unpaired) electrons. The number of hydrogen-bond acceptors (Lipinski definition) is 6. The van der Waals surface area contributed by atoms with Crippen LogP contribution in [0.15, 0.2) is 60.8 Å². The predicted octanol–water partition coefficient (Wildman–Crippen LogP) is 2.73. The summed E-state index contributed by atoms with van der Waals surface area (Å²) in [7, 11) is 0. The Labute approximate surface area is 191 Å². The largest absolute Gasteiger partial charge is 0.434 e. The number of carbonyl (C=O) groups is 3. The SMILES string of the molecule is CC(C)[C@H](NC(=O)c1ccc2ccccc2c1)c1ccc(C(=O)N[C@H]2CC(=O)OC2O)cn1. The molecule has 0 aliphatic carbocycles. The van der Waals surface area contributed by atoms with Gasteiger partial charge in [0.15, 0.2) is 0 Å². The Balaban J connectivity index is 1.46. The summed E-state index contributed by atoms with van der Waals surface area (Å²) in [6.45, 7) is 3.96. The number of rotatable bonds is 6. The average Bonchev–Trinajstić information content (AvgIpc) is 3.13. The van der Waals surface area contributed by atoms with Crippen molar-refractivity contribution in [1.29, 1.82) is 0 Å². The standard InChI is InChI=1S/C25H25N3O5/c1-14(2)22(28-23(30)17-8-7-15-5-3-4-6-16(15)11-17)19-10-9-18(13-26-19)24(31)27-20-12-21(29)33-25(20)32/h3-11,13-14,20,22,25,32H,12H2,1-2H3,(H,27,31)(H,28,30)/t20-,22-,25?/m0/s1. The van der Waals surface area contributed by atoms with E-state index in [1.54, 1.807) is 18.2 Å². The van der Waals surface area contributed by atoms with Crippen LogP contribution in [0.5, 0.6) is 0 Å². The van der Waals surface area contributed by atoms with Crippen molar-refractivity contribution in [2.45, 2.75) is 38.6 Å². The van der Waals surface area contributed by atoms with E-state index in [0.29, 0.717) is 11.3 Å². The summed E-state index contributed by atoms with van der Waals surface area (Å²) >= 11 is 0. The lowest BCUT2D eigenvalue weighted by Gasteiger charge is -2.22. The maximum absolute atomic E-state index is 12.9. The van der Waals surface area contributed by atoms with Gasteiger partial charge in [0.05, 0.1) is 23.7 Å². The first-order chi connectivity index (χ1) is 15.8. The Morgan fingerprint density at radius 2 is 1.76 bits per heavy atom. The Morgan fingerprint density at radius 3 is 2.39 bits per heavy atom. The second kappa shape index (κ2) is 9.38. The van der Waals surface area contributed by atoms with E-state index in [1.165, 1.54) is 6.20 Å². The molecule has 2 amide bonds. The zero-order valence-corrected chi connectivity index (χ0v) is 18.3. The van der Waals surface area contributed by atoms with E-state index in [4.69, 9.17) is 0 Å². The molecule has 1 aliphatic rings. The van der Waals surface area contributed by atoms with Crippen LogP contribution < -0.4 is 10.6 Å². The number of pyridine rings is 1. The third-order valence-corrected chi connectivity index (χ3v) is 5.63. The van der Waals surface area contributed by atoms with Gasteiger partial charge in [-0.15, -0.1) is 0 Å². The fraction of sp³-hybridized carbons (Fsp3) is 0.280. The van der Waals surface area contributed by atoms with Gasteiger partial charge < -0.3 is 20.5 Å². The van der Waals surface area contributed by atoms with Gasteiger partial charge in [0, 0.05) is 11.8 Å². The highest BCUT2D eigenvalue weighted by molar-refractivity contribution is 5.99. The number of aromatic nitrogens is 1. The molecule has 2 aromatic carbocycles. The number of aliphatic hydroxyl groups excluding tert-OH is 1. The fourth-order valence-electron chi connectivity index (χ4n) is 3.78. The average molecular weight is 447 g/mol. The van der Waals surface area contributed by atoms with Crippen molar-refractivity contribution in [2.24, 2.45) is 5.92 Å². The van der Waals surface area contributed by atoms with Crippen LogP contribution in [0.1, 0.15) is 52.7 Å². The van der Waals surface area contributed by atoms with Gasteiger partial charge in [-0.3, -0.25) is 19.4 Å². The minimum atomic E-state index is -1.36. The van der Waals surface area contributed by atoms with E-state index in [2.05, 4.69) is 20.4 Å². The highest BCUT2D eigenvalue weighted by Gasteiger charge is 2.34. The van der Waals surface area contributed by atoms with Crippen molar-refractivity contribution < 1.29 is 24.2 Å². The zero-order valence-electron chi connectivity index (χ0n) is 18.3. The van der Waals surface area contributed by atoms with Crippen LogP contribution in [0.2, 0.25) is 0 Å². The molecule has 1 saturated heterocycles. The van der Waals surface area contributed by atoms with E-state index < -0.39 is 24.2 Å². The first-order valence-electron chi connectivity index (χ1n) is 10.8. The summed E-state index contributed by atoms with van der Waals surface area (Å²) in [5.74, 6) is -1.19. The molecule has 170 valence electrons. The lowest BCUT2D eigenvalue weighted by Crippen LogP contribution is -2.40. The second-order valence-corrected chi connectivity index (χ2v) is 8.39. The topological polar surface area (TPSA) is 118 Å². The summed E-state index contributed by atoms with van der Waals surface area (Å²) in [5, 5.41) is 17.3. The molecule has 0 spiro atoms. The predicted molar refractivity (Wildman–Crippen MR) is 121 cm³/mol. The number of nitrogens with one attached hydrogen (secondary N) is 2. The number of benzene rings is 2. The van der Waals surface area contributed by atoms with Gasteiger partial charge in [-0.25, -0.2) is 0 Å². The number of aliphatic hydroxyl groups is 1. The summed E-state index contributed by atoms with van der Waals surface area (Å²) in [5.41, 5.74) is 1.45. The molecular weight excluding hydrogens is 422 g/mol. The number of ether oxygens (including phenoxy) is 1. The quantitative estimate of drug-likeness (QED) is 0.500. The van der Waals surface area contributed by atoms with Gasteiger partial charge in [0.2, 0.25) is 6.29 Å². The first-order valence-corrected chi connectivity index (χ1v) is 10.8. The van der Waals surface area contributed by atoms with Gasteiger partial charge in [0.1, 0.15) is 6.04 Å². The van der Waals surface area contributed by atoms with Crippen molar-refractivity contribution in [3.8, 4) is 0 Å². The highest BCUT2D eigenvalue weighted by Crippen LogP contribution is 2.22. The number of amides is 2. The maximum atomic E-state index is 12.9. The van der Waals surface area contributed by atoms with Crippen molar-refractivity contribution in [1.82, 2.24) is 15.6 Å². The van der Waals surface area contributed by atoms with Crippen molar-refractivity contribution in [3.05, 3.63) is 77.6 Å².